The van der Waals surface area contributed by atoms with Gasteiger partial charge in [-0.15, -0.1) is 0 Å². The van der Waals surface area contributed by atoms with Crippen LogP contribution in [0.15, 0.2) is 54.6 Å². The van der Waals surface area contributed by atoms with Crippen molar-refractivity contribution in [2.45, 2.75) is 13.5 Å². The van der Waals surface area contributed by atoms with Crippen molar-refractivity contribution < 1.29 is 23.9 Å². The molecule has 0 bridgehead atoms. The maximum Gasteiger partial charge on any atom is 0.330 e. The monoisotopic (exact) mass is 424 g/mol. The molecule has 1 N–H and O–H groups in total. The molecule has 0 saturated carbocycles. The quantitative estimate of drug-likeness (QED) is 0.538. The fourth-order valence-corrected chi connectivity index (χ4v) is 3.49. The highest BCUT2D eigenvalue weighted by atomic mass is 32.2. The number of esters is 1. The minimum absolute atomic E-state index is 0.146. The summed E-state index contributed by atoms with van der Waals surface area (Å²) in [6.45, 7) is 2.20. The van der Waals surface area contributed by atoms with E-state index in [0.29, 0.717) is 23.4 Å². The molecule has 0 spiro atoms. The molecule has 3 rings (SSSR count). The van der Waals surface area contributed by atoms with Gasteiger partial charge in [-0.05, 0) is 48.4 Å². The van der Waals surface area contributed by atoms with Crippen molar-refractivity contribution >= 4 is 46.5 Å². The van der Waals surface area contributed by atoms with Gasteiger partial charge in [0.15, 0.2) is 0 Å². The number of rotatable bonds is 7. The van der Waals surface area contributed by atoms with Crippen molar-refractivity contribution in [2.75, 3.05) is 17.7 Å². The zero-order valence-corrected chi connectivity index (χ0v) is 17.1. The number of hydrogen-bond acceptors (Lipinski definition) is 6. The number of amides is 3. The van der Waals surface area contributed by atoms with Crippen LogP contribution in [0, 0.1) is 0 Å². The largest absolute Gasteiger partial charge is 0.463 e. The number of carbonyl (C=O) groups excluding carboxylic acids is 4. The number of carbonyl (C=O) groups is 4. The Morgan fingerprint density at radius 2 is 1.93 bits per heavy atom. The molecule has 0 aromatic heterocycles. The summed E-state index contributed by atoms with van der Waals surface area (Å²) in [4.78, 5) is 48.6. The summed E-state index contributed by atoms with van der Waals surface area (Å²) in [6, 6.07) is 13.8. The number of anilines is 1. The normalized spacial score (nSPS) is 13.7. The minimum atomic E-state index is -0.411. The molecule has 3 amide bonds. The van der Waals surface area contributed by atoms with E-state index in [4.69, 9.17) is 4.74 Å². The molecule has 0 radical (unpaired) electrons. The minimum Gasteiger partial charge on any atom is -0.463 e. The molecule has 1 saturated heterocycles. The van der Waals surface area contributed by atoms with Crippen LogP contribution in [0.5, 0.6) is 0 Å². The van der Waals surface area contributed by atoms with Crippen LogP contribution in [-0.4, -0.2) is 40.3 Å². The number of hydrogen-bond donors (Lipinski definition) is 1. The highest BCUT2D eigenvalue weighted by Gasteiger charge is 2.29. The molecule has 0 unspecified atom stereocenters. The highest BCUT2D eigenvalue weighted by molar-refractivity contribution is 8.14. The van der Waals surface area contributed by atoms with E-state index in [1.54, 1.807) is 61.5 Å². The maximum atomic E-state index is 12.6. The number of nitrogens with zero attached hydrogens (tertiary/aromatic N) is 1. The van der Waals surface area contributed by atoms with Crippen molar-refractivity contribution in [3.8, 4) is 0 Å². The third-order valence-electron chi connectivity index (χ3n) is 4.24. The average molecular weight is 424 g/mol. The number of imide groups is 1. The first-order valence-corrected chi connectivity index (χ1v) is 10.3. The smallest absolute Gasteiger partial charge is 0.330 e. The van der Waals surface area contributed by atoms with Gasteiger partial charge < -0.3 is 10.1 Å². The van der Waals surface area contributed by atoms with Gasteiger partial charge in [0.1, 0.15) is 0 Å². The zero-order valence-electron chi connectivity index (χ0n) is 16.3. The molecular weight excluding hydrogens is 404 g/mol. The molecule has 2 aromatic rings. The fraction of sp³-hybridized carbons (Fsp3) is 0.182. The Labute approximate surface area is 178 Å². The van der Waals surface area contributed by atoms with Gasteiger partial charge in [0, 0.05) is 17.3 Å². The topological polar surface area (TPSA) is 92.8 Å². The highest BCUT2D eigenvalue weighted by Crippen LogP contribution is 2.22. The van der Waals surface area contributed by atoms with Gasteiger partial charge in [-0.25, -0.2) is 4.79 Å². The van der Waals surface area contributed by atoms with Crippen molar-refractivity contribution in [1.29, 1.82) is 0 Å². The summed E-state index contributed by atoms with van der Waals surface area (Å²) >= 11 is 0.981. The number of thioether (sulfide) groups is 1. The molecule has 1 aliphatic rings. The first-order valence-electron chi connectivity index (χ1n) is 9.28. The van der Waals surface area contributed by atoms with E-state index in [-0.39, 0.29) is 29.4 Å². The molecule has 1 fully saturated rings. The summed E-state index contributed by atoms with van der Waals surface area (Å²) in [5.41, 5.74) is 2.51. The Morgan fingerprint density at radius 3 is 2.60 bits per heavy atom. The fourth-order valence-electron chi connectivity index (χ4n) is 2.76. The Balaban J connectivity index is 1.62. The van der Waals surface area contributed by atoms with Gasteiger partial charge in [-0.3, -0.25) is 19.3 Å². The summed E-state index contributed by atoms with van der Waals surface area (Å²) in [7, 11) is 0. The molecule has 8 heteroatoms. The van der Waals surface area contributed by atoms with Gasteiger partial charge in [-0.1, -0.05) is 36.0 Å². The SMILES string of the molecule is CCOC(=O)/C=C/c1ccc(NC(=O)c2cccc(CN3C(=O)CSC3=O)c2)cc1. The standard InChI is InChI=1S/C22H20N2O5S/c1-2-29-20(26)11-8-15-6-9-18(10-7-15)23-21(27)17-5-3-4-16(12-17)13-24-19(25)14-30-22(24)28/h3-12H,2,13-14H2,1H3,(H,23,27)/b11-8+. The van der Waals surface area contributed by atoms with E-state index in [1.165, 1.54) is 11.0 Å². The summed E-state index contributed by atoms with van der Waals surface area (Å²) in [5.74, 6) is -0.785. The van der Waals surface area contributed by atoms with Crippen LogP contribution in [0.2, 0.25) is 0 Å². The summed E-state index contributed by atoms with van der Waals surface area (Å²) in [6.07, 6.45) is 2.98. The van der Waals surface area contributed by atoms with E-state index >= 15 is 0 Å². The lowest BCUT2D eigenvalue weighted by Gasteiger charge is -2.13. The lowest BCUT2D eigenvalue weighted by molar-refractivity contribution is -0.137. The second-order valence-corrected chi connectivity index (χ2v) is 7.32. The van der Waals surface area contributed by atoms with Crippen molar-refractivity contribution in [1.82, 2.24) is 4.90 Å². The van der Waals surface area contributed by atoms with Crippen LogP contribution in [-0.2, 0) is 20.9 Å². The number of ether oxygens (including phenoxy) is 1. The van der Waals surface area contributed by atoms with Crippen LogP contribution in [0.1, 0.15) is 28.4 Å². The van der Waals surface area contributed by atoms with Gasteiger partial charge in [0.2, 0.25) is 5.91 Å². The van der Waals surface area contributed by atoms with E-state index in [1.807, 2.05) is 0 Å². The van der Waals surface area contributed by atoms with Crippen molar-refractivity contribution in [2.24, 2.45) is 0 Å². The van der Waals surface area contributed by atoms with E-state index < -0.39 is 5.97 Å². The molecule has 2 aromatic carbocycles. The molecule has 30 heavy (non-hydrogen) atoms. The van der Waals surface area contributed by atoms with Crippen LogP contribution >= 0.6 is 11.8 Å². The van der Waals surface area contributed by atoms with Gasteiger partial charge >= 0.3 is 5.97 Å². The van der Waals surface area contributed by atoms with E-state index in [0.717, 1.165) is 17.3 Å². The van der Waals surface area contributed by atoms with Crippen LogP contribution in [0.25, 0.3) is 6.08 Å². The Morgan fingerprint density at radius 1 is 1.17 bits per heavy atom. The molecule has 1 aliphatic heterocycles. The number of benzene rings is 2. The molecule has 0 atom stereocenters. The van der Waals surface area contributed by atoms with Gasteiger partial charge in [0.05, 0.1) is 18.9 Å². The second kappa shape index (κ2) is 9.89. The van der Waals surface area contributed by atoms with Crippen LogP contribution in [0.4, 0.5) is 10.5 Å². The first kappa shape index (κ1) is 21.3. The Kier molecular flexibility index (Phi) is 7.03. The van der Waals surface area contributed by atoms with Crippen LogP contribution in [0.3, 0.4) is 0 Å². The summed E-state index contributed by atoms with van der Waals surface area (Å²) in [5, 5.41) is 2.53. The lowest BCUT2D eigenvalue weighted by atomic mass is 10.1. The number of nitrogens with one attached hydrogen (secondary N) is 1. The second-order valence-electron chi connectivity index (χ2n) is 6.40. The third kappa shape index (κ3) is 5.57. The molecule has 0 aliphatic carbocycles. The molecule has 7 nitrogen and oxygen atoms in total. The van der Waals surface area contributed by atoms with Crippen molar-refractivity contribution in [3.05, 3.63) is 71.3 Å². The average Bonchev–Trinajstić information content (AvgIpc) is 3.06. The zero-order chi connectivity index (χ0) is 21.5. The Bertz CT molecular complexity index is 985. The molecular formula is C22H20N2O5S. The molecule has 154 valence electrons. The predicted molar refractivity (Wildman–Crippen MR) is 115 cm³/mol. The first-order chi connectivity index (χ1) is 14.5. The van der Waals surface area contributed by atoms with E-state index in [2.05, 4.69) is 5.32 Å². The van der Waals surface area contributed by atoms with Crippen molar-refractivity contribution in [3.63, 3.8) is 0 Å². The van der Waals surface area contributed by atoms with Gasteiger partial charge in [-0.2, -0.15) is 0 Å². The maximum absolute atomic E-state index is 12.6. The van der Waals surface area contributed by atoms with Crippen LogP contribution < -0.4 is 5.32 Å². The Hall–Kier alpha value is -3.39. The predicted octanol–water partition coefficient (Wildman–Crippen LogP) is 3.71. The lowest BCUT2D eigenvalue weighted by Crippen LogP contribution is -2.28. The van der Waals surface area contributed by atoms with Gasteiger partial charge in [0.25, 0.3) is 11.1 Å². The van der Waals surface area contributed by atoms with E-state index in [9.17, 15) is 19.2 Å². The summed E-state index contributed by atoms with van der Waals surface area (Å²) < 4.78 is 4.83. The third-order valence-corrected chi connectivity index (χ3v) is 5.10. The molecule has 1 heterocycles.